The molecule has 1 aromatic rings. The highest BCUT2D eigenvalue weighted by Crippen LogP contribution is 2.22. The van der Waals surface area contributed by atoms with E-state index in [2.05, 4.69) is 5.32 Å². The van der Waals surface area contributed by atoms with E-state index in [0.717, 1.165) is 0 Å². The van der Waals surface area contributed by atoms with Crippen LogP contribution in [0.1, 0.15) is 18.0 Å². The Morgan fingerprint density at radius 1 is 1.43 bits per heavy atom. The lowest BCUT2D eigenvalue weighted by Crippen LogP contribution is -2.35. The number of cyclic esters (lactones) is 1. The van der Waals surface area contributed by atoms with E-state index in [0.29, 0.717) is 18.6 Å². The fraction of sp³-hybridized carbons (Fsp3) is 0.300. The maximum Gasteiger partial charge on any atom is 0.407 e. The Bertz CT molecular complexity index is 354. The number of hydrogen-bond acceptors (Lipinski definition) is 2. The summed E-state index contributed by atoms with van der Waals surface area (Å²) in [7, 11) is 0. The van der Waals surface area contributed by atoms with Gasteiger partial charge in [0.2, 0.25) is 0 Å². The zero-order valence-corrected chi connectivity index (χ0v) is 7.50. The predicted octanol–water partition coefficient (Wildman–Crippen LogP) is 2.00. The van der Waals surface area contributed by atoms with Gasteiger partial charge in [-0.2, -0.15) is 0 Å². The lowest BCUT2D eigenvalue weighted by molar-refractivity contribution is 0.115. The lowest BCUT2D eigenvalue weighted by Gasteiger charge is -2.23. The minimum atomic E-state index is -0.482. The van der Waals surface area contributed by atoms with Crippen molar-refractivity contribution in [2.75, 3.05) is 6.61 Å². The van der Waals surface area contributed by atoms with Crippen LogP contribution in [0.3, 0.4) is 0 Å². The van der Waals surface area contributed by atoms with Gasteiger partial charge in [-0.25, -0.2) is 9.18 Å². The van der Waals surface area contributed by atoms with Crippen molar-refractivity contribution in [3.63, 3.8) is 0 Å². The molecule has 4 heteroatoms. The molecule has 1 saturated heterocycles. The molecule has 0 aromatic heterocycles. The van der Waals surface area contributed by atoms with Crippen molar-refractivity contribution in [1.29, 1.82) is 0 Å². The molecule has 2 rings (SSSR count). The van der Waals surface area contributed by atoms with Gasteiger partial charge in [-0.1, -0.05) is 18.2 Å². The van der Waals surface area contributed by atoms with E-state index >= 15 is 0 Å². The van der Waals surface area contributed by atoms with Gasteiger partial charge in [-0.05, 0) is 6.07 Å². The first-order valence-corrected chi connectivity index (χ1v) is 4.45. The molecule has 1 amide bonds. The van der Waals surface area contributed by atoms with Crippen LogP contribution >= 0.6 is 0 Å². The summed E-state index contributed by atoms with van der Waals surface area (Å²) in [5.74, 6) is -0.292. The molecule has 3 nitrogen and oxygen atoms in total. The van der Waals surface area contributed by atoms with Crippen molar-refractivity contribution < 1.29 is 13.9 Å². The number of hydrogen-bond donors (Lipinski definition) is 1. The van der Waals surface area contributed by atoms with E-state index in [9.17, 15) is 9.18 Å². The molecule has 1 atom stereocenters. The summed E-state index contributed by atoms with van der Waals surface area (Å²) in [5, 5.41) is 2.57. The number of nitrogens with one attached hydrogen (secondary N) is 1. The Balaban J connectivity index is 2.22. The van der Waals surface area contributed by atoms with Crippen molar-refractivity contribution >= 4 is 6.09 Å². The Morgan fingerprint density at radius 2 is 2.21 bits per heavy atom. The standard InChI is InChI=1S/C10H10FNO2/c11-8-4-2-1-3-7(8)9-5-6-14-10(13)12-9/h1-4,9H,5-6H2,(H,12,13)/t9-/m1/s1. The van der Waals surface area contributed by atoms with Gasteiger partial charge in [0.25, 0.3) is 0 Å². The van der Waals surface area contributed by atoms with Gasteiger partial charge in [0, 0.05) is 12.0 Å². The largest absolute Gasteiger partial charge is 0.449 e. The summed E-state index contributed by atoms with van der Waals surface area (Å²) in [6, 6.07) is 6.17. The highest BCUT2D eigenvalue weighted by atomic mass is 19.1. The zero-order valence-electron chi connectivity index (χ0n) is 7.50. The van der Waals surface area contributed by atoms with Crippen molar-refractivity contribution in [3.05, 3.63) is 35.6 Å². The third-order valence-electron chi connectivity index (χ3n) is 2.21. The fourth-order valence-electron chi connectivity index (χ4n) is 1.52. The molecule has 1 aliphatic rings. The zero-order chi connectivity index (χ0) is 9.97. The van der Waals surface area contributed by atoms with Crippen LogP contribution in [0.4, 0.5) is 9.18 Å². The highest BCUT2D eigenvalue weighted by Gasteiger charge is 2.22. The van der Waals surface area contributed by atoms with Crippen LogP contribution in [0.5, 0.6) is 0 Å². The second-order valence-electron chi connectivity index (χ2n) is 3.14. The first-order chi connectivity index (χ1) is 6.77. The number of carbonyl (C=O) groups excluding carboxylic acids is 1. The van der Waals surface area contributed by atoms with Crippen LogP contribution in [-0.2, 0) is 4.74 Å². The molecule has 0 bridgehead atoms. The van der Waals surface area contributed by atoms with Crippen LogP contribution in [0.2, 0.25) is 0 Å². The topological polar surface area (TPSA) is 38.3 Å². The van der Waals surface area contributed by atoms with Gasteiger partial charge in [-0.15, -0.1) is 0 Å². The average Bonchev–Trinajstić information content (AvgIpc) is 2.18. The number of amides is 1. The van der Waals surface area contributed by atoms with E-state index in [4.69, 9.17) is 4.74 Å². The summed E-state index contributed by atoms with van der Waals surface area (Å²) in [6.45, 7) is 0.338. The molecule has 0 radical (unpaired) electrons. The van der Waals surface area contributed by atoms with Gasteiger partial charge < -0.3 is 10.1 Å². The molecule has 1 aliphatic heterocycles. The van der Waals surface area contributed by atoms with E-state index in [1.54, 1.807) is 18.2 Å². The number of rotatable bonds is 1. The molecule has 1 N–H and O–H groups in total. The molecule has 1 heterocycles. The summed E-state index contributed by atoms with van der Waals surface area (Å²) in [6.07, 6.45) is 0.122. The quantitative estimate of drug-likeness (QED) is 0.744. The summed E-state index contributed by atoms with van der Waals surface area (Å²) in [5.41, 5.74) is 0.518. The van der Waals surface area contributed by atoms with Gasteiger partial charge in [0.1, 0.15) is 5.82 Å². The van der Waals surface area contributed by atoms with Gasteiger partial charge in [-0.3, -0.25) is 0 Å². The van der Waals surface area contributed by atoms with Crippen LogP contribution in [0.15, 0.2) is 24.3 Å². The molecule has 0 aliphatic carbocycles. The Hall–Kier alpha value is -1.58. The number of carbonyl (C=O) groups is 1. The van der Waals surface area contributed by atoms with Crippen molar-refractivity contribution in [1.82, 2.24) is 5.32 Å². The van der Waals surface area contributed by atoms with E-state index < -0.39 is 6.09 Å². The predicted molar refractivity (Wildman–Crippen MR) is 48.2 cm³/mol. The van der Waals surface area contributed by atoms with Gasteiger partial charge >= 0.3 is 6.09 Å². The maximum atomic E-state index is 13.3. The average molecular weight is 195 g/mol. The first kappa shape index (κ1) is 8.99. The second-order valence-corrected chi connectivity index (χ2v) is 3.14. The normalized spacial score (nSPS) is 21.2. The molecule has 74 valence electrons. The highest BCUT2D eigenvalue weighted by molar-refractivity contribution is 5.68. The summed E-state index contributed by atoms with van der Waals surface area (Å²) >= 11 is 0. The van der Waals surface area contributed by atoms with Gasteiger partial charge in [0.15, 0.2) is 0 Å². The lowest BCUT2D eigenvalue weighted by atomic mass is 10.0. The third kappa shape index (κ3) is 1.69. The van der Waals surface area contributed by atoms with Crippen molar-refractivity contribution in [2.45, 2.75) is 12.5 Å². The molecule has 0 unspecified atom stereocenters. The summed E-state index contributed by atoms with van der Waals surface area (Å²) < 4.78 is 18.0. The van der Waals surface area contributed by atoms with Crippen molar-refractivity contribution in [2.24, 2.45) is 0 Å². The third-order valence-corrected chi connectivity index (χ3v) is 2.21. The van der Waals surface area contributed by atoms with Crippen molar-refractivity contribution in [3.8, 4) is 0 Å². The number of halogens is 1. The number of benzene rings is 1. The Kier molecular flexibility index (Phi) is 2.35. The minimum absolute atomic E-state index is 0.266. The summed E-state index contributed by atoms with van der Waals surface area (Å²) in [4.78, 5) is 10.9. The molecule has 14 heavy (non-hydrogen) atoms. The number of alkyl carbamates (subject to hydrolysis) is 1. The Labute approximate surface area is 80.9 Å². The minimum Gasteiger partial charge on any atom is -0.449 e. The molecule has 1 aromatic carbocycles. The SMILES string of the molecule is O=C1N[C@@H](c2ccccc2F)CCO1. The van der Waals surface area contributed by atoms with Crippen LogP contribution < -0.4 is 5.32 Å². The van der Waals surface area contributed by atoms with E-state index in [1.165, 1.54) is 6.07 Å². The molecule has 0 spiro atoms. The van der Waals surface area contributed by atoms with Gasteiger partial charge in [0.05, 0.1) is 12.6 Å². The smallest absolute Gasteiger partial charge is 0.407 e. The van der Waals surface area contributed by atoms with Crippen LogP contribution in [0.25, 0.3) is 0 Å². The number of ether oxygens (including phenoxy) is 1. The van der Waals surface area contributed by atoms with E-state index in [1.807, 2.05) is 0 Å². The molecular formula is C10H10FNO2. The molecule has 1 fully saturated rings. The first-order valence-electron chi connectivity index (χ1n) is 4.45. The maximum absolute atomic E-state index is 13.3. The second kappa shape index (κ2) is 3.65. The molecular weight excluding hydrogens is 185 g/mol. The monoisotopic (exact) mass is 195 g/mol. The van der Waals surface area contributed by atoms with E-state index in [-0.39, 0.29) is 11.9 Å². The van der Waals surface area contributed by atoms with Crippen LogP contribution in [0, 0.1) is 5.82 Å². The van der Waals surface area contributed by atoms with Crippen LogP contribution in [-0.4, -0.2) is 12.7 Å². The fourth-order valence-corrected chi connectivity index (χ4v) is 1.52. The molecule has 0 saturated carbocycles. The Morgan fingerprint density at radius 3 is 2.93 bits per heavy atom.